The Balaban J connectivity index is 2.80. The minimum Gasteiger partial charge on any atom is -0.460 e. The smallest absolute Gasteiger partial charge is 0.412 e. The Morgan fingerprint density at radius 2 is 2.06 bits per heavy atom. The van der Waals surface area contributed by atoms with E-state index in [4.69, 9.17) is 14.2 Å². The molecule has 1 rings (SSSR count). The molecule has 1 amide bonds. The zero-order valence-electron chi connectivity index (χ0n) is 9.60. The summed E-state index contributed by atoms with van der Waals surface area (Å²) < 4.78 is 16.4. The molecule has 17 heavy (non-hydrogen) atoms. The van der Waals surface area contributed by atoms with Gasteiger partial charge in [0.15, 0.2) is 11.5 Å². The van der Waals surface area contributed by atoms with Crippen LogP contribution in [0.4, 0.5) is 4.79 Å². The molecule has 5 nitrogen and oxygen atoms in total. The molecule has 0 aromatic heterocycles. The van der Waals surface area contributed by atoms with Crippen LogP contribution in [0.25, 0.3) is 0 Å². The van der Waals surface area contributed by atoms with Crippen LogP contribution in [-0.4, -0.2) is 31.0 Å². The highest BCUT2D eigenvalue weighted by Crippen LogP contribution is 2.27. The molecule has 0 aliphatic heterocycles. The van der Waals surface area contributed by atoms with Gasteiger partial charge in [0.25, 0.3) is 0 Å². The summed E-state index contributed by atoms with van der Waals surface area (Å²) in [6.45, 7) is 0. The third-order valence-corrected chi connectivity index (χ3v) is 2.62. The third kappa shape index (κ3) is 4.39. The highest BCUT2D eigenvalue weighted by Gasteiger charge is 2.13. The highest BCUT2D eigenvalue weighted by molar-refractivity contribution is 14.1. The van der Waals surface area contributed by atoms with E-state index in [-0.39, 0.29) is 6.29 Å². The van der Waals surface area contributed by atoms with Gasteiger partial charge in [0.2, 0.25) is 6.29 Å². The van der Waals surface area contributed by atoms with E-state index < -0.39 is 6.09 Å². The van der Waals surface area contributed by atoms with Crippen LogP contribution in [0.3, 0.4) is 0 Å². The Hall–Kier alpha value is -1.02. The molecule has 0 aliphatic rings. The second kappa shape index (κ2) is 7.33. The average Bonchev–Trinajstić information content (AvgIpc) is 2.37. The van der Waals surface area contributed by atoms with E-state index in [9.17, 15) is 4.79 Å². The van der Waals surface area contributed by atoms with Crippen LogP contribution in [0.2, 0.25) is 0 Å². The molecule has 0 radical (unpaired) electrons. The van der Waals surface area contributed by atoms with Crippen molar-refractivity contribution in [1.29, 1.82) is 0 Å². The maximum absolute atomic E-state index is 11.1. The zero-order valence-corrected chi connectivity index (χ0v) is 11.8. The summed E-state index contributed by atoms with van der Waals surface area (Å²) in [4.78, 5) is 11.1. The Morgan fingerprint density at radius 3 is 2.59 bits per heavy atom. The van der Waals surface area contributed by atoms with Crippen LogP contribution in [0.5, 0.6) is 11.5 Å². The fourth-order valence-corrected chi connectivity index (χ4v) is 1.61. The summed E-state index contributed by atoms with van der Waals surface area (Å²) in [5, 5.41) is 2.37. The number of carbonyl (C=O) groups is 1. The molecular formula is C11H14INO4. The van der Waals surface area contributed by atoms with Crippen molar-refractivity contribution in [1.82, 2.24) is 5.32 Å². The largest absolute Gasteiger partial charge is 0.460 e. The Labute approximate surface area is 114 Å². The fraction of sp³-hybridized carbons (Fsp3) is 0.364. The van der Waals surface area contributed by atoms with Crippen molar-refractivity contribution in [3.8, 4) is 11.5 Å². The van der Waals surface area contributed by atoms with Crippen molar-refractivity contribution in [2.75, 3.05) is 18.6 Å². The number of alkyl halides is 1. The van der Waals surface area contributed by atoms with E-state index in [0.717, 1.165) is 0 Å². The standard InChI is InChI=1S/C11H14INO4/c1-13-11(14)17-9-6-4-3-5-8(9)16-10(7-12)15-2/h3-6,10H,7H2,1-2H3,(H,13,14). The van der Waals surface area contributed by atoms with Gasteiger partial charge in [-0.1, -0.05) is 34.7 Å². The summed E-state index contributed by atoms with van der Waals surface area (Å²) >= 11 is 2.15. The average molecular weight is 351 g/mol. The summed E-state index contributed by atoms with van der Waals surface area (Å²) in [6.07, 6.45) is -0.908. The van der Waals surface area contributed by atoms with Crippen molar-refractivity contribution in [3.05, 3.63) is 24.3 Å². The zero-order chi connectivity index (χ0) is 12.7. The first-order valence-electron chi connectivity index (χ1n) is 4.95. The number of hydrogen-bond donors (Lipinski definition) is 1. The maximum atomic E-state index is 11.1. The quantitative estimate of drug-likeness (QED) is 0.502. The number of para-hydroxylation sites is 2. The molecule has 1 N–H and O–H groups in total. The lowest BCUT2D eigenvalue weighted by Gasteiger charge is -2.17. The normalized spacial score (nSPS) is 11.7. The van der Waals surface area contributed by atoms with Gasteiger partial charge in [-0.25, -0.2) is 4.79 Å². The molecule has 0 bridgehead atoms. The van der Waals surface area contributed by atoms with E-state index >= 15 is 0 Å². The topological polar surface area (TPSA) is 56.8 Å². The number of rotatable bonds is 5. The number of carbonyl (C=O) groups excluding carboxylic acids is 1. The van der Waals surface area contributed by atoms with Gasteiger partial charge in [-0.2, -0.15) is 0 Å². The van der Waals surface area contributed by atoms with Crippen LogP contribution in [0, 0.1) is 0 Å². The van der Waals surface area contributed by atoms with Gasteiger partial charge >= 0.3 is 6.09 Å². The molecule has 0 aliphatic carbocycles. The van der Waals surface area contributed by atoms with Crippen LogP contribution in [-0.2, 0) is 4.74 Å². The van der Waals surface area contributed by atoms with Crippen LogP contribution < -0.4 is 14.8 Å². The third-order valence-electron chi connectivity index (χ3n) is 1.90. The molecule has 6 heteroatoms. The van der Waals surface area contributed by atoms with E-state index in [1.165, 1.54) is 7.05 Å². The molecule has 1 unspecified atom stereocenters. The molecule has 0 saturated heterocycles. The number of halogens is 1. The van der Waals surface area contributed by atoms with Gasteiger partial charge in [-0.15, -0.1) is 0 Å². The minimum absolute atomic E-state index is 0.360. The molecule has 1 aromatic rings. The highest BCUT2D eigenvalue weighted by atomic mass is 127. The number of methoxy groups -OCH3 is 1. The summed E-state index contributed by atoms with van der Waals surface area (Å²) in [6, 6.07) is 6.93. The summed E-state index contributed by atoms with van der Waals surface area (Å²) in [5.41, 5.74) is 0. The second-order valence-corrected chi connectivity index (χ2v) is 3.90. The summed E-state index contributed by atoms with van der Waals surface area (Å²) in [7, 11) is 3.06. The Bertz CT molecular complexity index is 368. The van der Waals surface area contributed by atoms with E-state index in [2.05, 4.69) is 27.9 Å². The number of nitrogens with one attached hydrogen (secondary N) is 1. The first-order valence-corrected chi connectivity index (χ1v) is 6.47. The predicted molar refractivity (Wildman–Crippen MR) is 71.8 cm³/mol. The van der Waals surface area contributed by atoms with Crippen LogP contribution >= 0.6 is 22.6 Å². The molecule has 0 saturated carbocycles. The van der Waals surface area contributed by atoms with Crippen molar-refractivity contribution >= 4 is 28.7 Å². The second-order valence-electron chi connectivity index (χ2n) is 3.02. The number of benzene rings is 1. The lowest BCUT2D eigenvalue weighted by Crippen LogP contribution is -2.24. The number of ether oxygens (including phenoxy) is 3. The van der Waals surface area contributed by atoms with E-state index in [0.29, 0.717) is 15.9 Å². The van der Waals surface area contributed by atoms with Crippen LogP contribution in [0.1, 0.15) is 0 Å². The van der Waals surface area contributed by atoms with Gasteiger partial charge < -0.3 is 19.5 Å². The molecule has 0 fully saturated rings. The Kier molecular flexibility index (Phi) is 6.06. The van der Waals surface area contributed by atoms with Gasteiger partial charge in [-0.05, 0) is 12.1 Å². The molecule has 0 spiro atoms. The van der Waals surface area contributed by atoms with E-state index in [1.54, 1.807) is 31.4 Å². The molecule has 0 heterocycles. The lowest BCUT2D eigenvalue weighted by molar-refractivity contribution is -0.0334. The predicted octanol–water partition coefficient (Wildman–Crippen LogP) is 2.19. The van der Waals surface area contributed by atoms with Crippen molar-refractivity contribution in [3.63, 3.8) is 0 Å². The van der Waals surface area contributed by atoms with Crippen molar-refractivity contribution in [2.45, 2.75) is 6.29 Å². The monoisotopic (exact) mass is 351 g/mol. The van der Waals surface area contributed by atoms with Gasteiger partial charge in [-0.3, -0.25) is 0 Å². The fourth-order valence-electron chi connectivity index (χ4n) is 1.07. The molecule has 1 atom stereocenters. The molecule has 94 valence electrons. The number of hydrogen-bond acceptors (Lipinski definition) is 4. The van der Waals surface area contributed by atoms with Crippen molar-refractivity contribution < 1.29 is 19.0 Å². The van der Waals surface area contributed by atoms with Gasteiger partial charge in [0.1, 0.15) is 0 Å². The maximum Gasteiger partial charge on any atom is 0.412 e. The van der Waals surface area contributed by atoms with Gasteiger partial charge in [0.05, 0.1) is 4.43 Å². The van der Waals surface area contributed by atoms with Gasteiger partial charge in [0, 0.05) is 14.2 Å². The first kappa shape index (κ1) is 14.0. The molecule has 1 aromatic carbocycles. The van der Waals surface area contributed by atoms with Crippen LogP contribution in [0.15, 0.2) is 24.3 Å². The van der Waals surface area contributed by atoms with E-state index in [1.807, 2.05) is 0 Å². The Morgan fingerprint density at radius 1 is 1.41 bits per heavy atom. The summed E-state index contributed by atoms with van der Waals surface area (Å²) in [5.74, 6) is 0.832. The minimum atomic E-state index is -0.538. The van der Waals surface area contributed by atoms with Crippen molar-refractivity contribution in [2.24, 2.45) is 0 Å². The number of amides is 1. The first-order chi connectivity index (χ1) is 8.21. The lowest BCUT2D eigenvalue weighted by atomic mass is 10.3. The molecular weight excluding hydrogens is 337 g/mol. The SMILES string of the molecule is CNC(=O)Oc1ccccc1OC(CI)OC.